The van der Waals surface area contributed by atoms with E-state index >= 15 is 0 Å². The number of rotatable bonds is 1. The standard InChI is InChI=1S/C9H18O2.C7H14O2/c1-5-7-6-10-8(11-7)9(2,3)4;1-7(2,3)6-8-4-5-9-6/h7-8H,5-6H2,1-4H3;6H,4-5H2,1-3H3. The second-order valence-electron chi connectivity index (χ2n) is 7.64. The van der Waals surface area contributed by atoms with Crippen molar-refractivity contribution in [1.29, 1.82) is 0 Å². The van der Waals surface area contributed by atoms with E-state index in [2.05, 4.69) is 48.5 Å². The second kappa shape index (κ2) is 7.21. The van der Waals surface area contributed by atoms with E-state index in [1.54, 1.807) is 0 Å². The smallest absolute Gasteiger partial charge is 0.162 e. The Labute approximate surface area is 124 Å². The van der Waals surface area contributed by atoms with E-state index in [1.807, 2.05) is 0 Å². The van der Waals surface area contributed by atoms with Crippen molar-refractivity contribution in [2.75, 3.05) is 19.8 Å². The molecule has 0 N–H and O–H groups in total. The predicted molar refractivity (Wildman–Crippen MR) is 79.5 cm³/mol. The quantitative estimate of drug-likeness (QED) is 0.739. The fourth-order valence-electron chi connectivity index (χ4n) is 1.97. The monoisotopic (exact) mass is 288 g/mol. The molecule has 4 heteroatoms. The van der Waals surface area contributed by atoms with E-state index in [4.69, 9.17) is 18.9 Å². The summed E-state index contributed by atoms with van der Waals surface area (Å²) in [5, 5.41) is 0. The highest BCUT2D eigenvalue weighted by Gasteiger charge is 2.34. The molecule has 4 nitrogen and oxygen atoms in total. The molecule has 2 heterocycles. The van der Waals surface area contributed by atoms with Gasteiger partial charge in [0.2, 0.25) is 0 Å². The Morgan fingerprint density at radius 2 is 1.30 bits per heavy atom. The molecule has 0 bridgehead atoms. The molecule has 2 unspecified atom stereocenters. The molecule has 0 spiro atoms. The summed E-state index contributed by atoms with van der Waals surface area (Å²) in [5.74, 6) is 0. The molecule has 120 valence electrons. The third-order valence-electron chi connectivity index (χ3n) is 3.24. The minimum absolute atomic E-state index is 0.00699. The minimum atomic E-state index is -0.00699. The molecular weight excluding hydrogens is 256 g/mol. The maximum atomic E-state index is 5.65. The summed E-state index contributed by atoms with van der Waals surface area (Å²) in [7, 11) is 0. The topological polar surface area (TPSA) is 36.9 Å². The summed E-state index contributed by atoms with van der Waals surface area (Å²) in [6, 6.07) is 0. The molecule has 0 aromatic carbocycles. The van der Waals surface area contributed by atoms with E-state index < -0.39 is 0 Å². The van der Waals surface area contributed by atoms with Crippen LogP contribution in [0.2, 0.25) is 0 Å². The highest BCUT2D eigenvalue weighted by Crippen LogP contribution is 2.29. The van der Waals surface area contributed by atoms with Crippen molar-refractivity contribution in [3.63, 3.8) is 0 Å². The van der Waals surface area contributed by atoms with Crippen LogP contribution in [0.3, 0.4) is 0 Å². The lowest BCUT2D eigenvalue weighted by Gasteiger charge is -2.25. The van der Waals surface area contributed by atoms with Crippen molar-refractivity contribution < 1.29 is 18.9 Å². The molecule has 0 aromatic heterocycles. The van der Waals surface area contributed by atoms with Crippen LogP contribution < -0.4 is 0 Å². The van der Waals surface area contributed by atoms with Gasteiger partial charge < -0.3 is 18.9 Å². The summed E-state index contributed by atoms with van der Waals surface area (Å²) in [5.41, 5.74) is 0.250. The van der Waals surface area contributed by atoms with E-state index in [0.29, 0.717) is 6.10 Å². The van der Waals surface area contributed by atoms with Gasteiger partial charge in [0.15, 0.2) is 12.6 Å². The molecule has 2 fully saturated rings. The zero-order chi connectivity index (χ0) is 15.4. The van der Waals surface area contributed by atoms with Crippen LogP contribution in [0, 0.1) is 10.8 Å². The maximum absolute atomic E-state index is 5.65. The zero-order valence-electron chi connectivity index (χ0n) is 14.2. The first kappa shape index (κ1) is 17.9. The fraction of sp³-hybridized carbons (Fsp3) is 1.00. The number of hydrogen-bond donors (Lipinski definition) is 0. The first-order valence-corrected chi connectivity index (χ1v) is 7.65. The highest BCUT2D eigenvalue weighted by atomic mass is 16.7. The molecule has 2 saturated heterocycles. The molecule has 0 aliphatic carbocycles. The summed E-state index contributed by atoms with van der Waals surface area (Å²) >= 11 is 0. The van der Waals surface area contributed by atoms with Crippen LogP contribution in [0.4, 0.5) is 0 Å². The van der Waals surface area contributed by atoms with Crippen molar-refractivity contribution in [3.8, 4) is 0 Å². The molecular formula is C16H32O4. The van der Waals surface area contributed by atoms with Crippen LogP contribution in [0.15, 0.2) is 0 Å². The molecule has 2 atom stereocenters. The molecule has 0 radical (unpaired) electrons. The molecule has 0 amide bonds. The first-order chi connectivity index (χ1) is 9.14. The van der Waals surface area contributed by atoms with Crippen molar-refractivity contribution in [1.82, 2.24) is 0 Å². The zero-order valence-corrected chi connectivity index (χ0v) is 14.2. The van der Waals surface area contributed by atoms with E-state index in [0.717, 1.165) is 26.2 Å². The Morgan fingerprint density at radius 1 is 0.800 bits per heavy atom. The maximum Gasteiger partial charge on any atom is 0.162 e. The number of hydrogen-bond acceptors (Lipinski definition) is 4. The van der Waals surface area contributed by atoms with Gasteiger partial charge >= 0.3 is 0 Å². The summed E-state index contributed by atoms with van der Waals surface area (Å²) in [4.78, 5) is 0. The Balaban J connectivity index is 0.000000204. The molecule has 0 saturated carbocycles. The van der Waals surface area contributed by atoms with Gasteiger partial charge in [-0.2, -0.15) is 0 Å². The van der Waals surface area contributed by atoms with E-state index in [-0.39, 0.29) is 23.4 Å². The van der Waals surface area contributed by atoms with Crippen molar-refractivity contribution in [2.24, 2.45) is 10.8 Å². The first-order valence-electron chi connectivity index (χ1n) is 7.65. The normalized spacial score (nSPS) is 28.4. The largest absolute Gasteiger partial charge is 0.350 e. The van der Waals surface area contributed by atoms with Crippen LogP contribution in [0.25, 0.3) is 0 Å². The Bertz CT molecular complexity index is 271. The van der Waals surface area contributed by atoms with Gasteiger partial charge in [0, 0.05) is 10.8 Å². The van der Waals surface area contributed by atoms with E-state index in [9.17, 15) is 0 Å². The molecule has 2 aliphatic rings. The van der Waals surface area contributed by atoms with Crippen LogP contribution in [0.1, 0.15) is 54.9 Å². The molecule has 2 rings (SSSR count). The Kier molecular flexibility index (Phi) is 6.45. The fourth-order valence-corrected chi connectivity index (χ4v) is 1.97. The van der Waals surface area contributed by atoms with Gasteiger partial charge in [-0.05, 0) is 6.42 Å². The number of ether oxygens (including phenoxy) is 4. The van der Waals surface area contributed by atoms with Gasteiger partial charge in [0.25, 0.3) is 0 Å². The van der Waals surface area contributed by atoms with E-state index in [1.165, 1.54) is 0 Å². The minimum Gasteiger partial charge on any atom is -0.350 e. The van der Waals surface area contributed by atoms with Crippen molar-refractivity contribution >= 4 is 0 Å². The lowest BCUT2D eigenvalue weighted by Crippen LogP contribution is -2.27. The van der Waals surface area contributed by atoms with Crippen molar-refractivity contribution in [3.05, 3.63) is 0 Å². The van der Waals surface area contributed by atoms with Gasteiger partial charge in [-0.15, -0.1) is 0 Å². The lowest BCUT2D eigenvalue weighted by molar-refractivity contribution is -0.124. The van der Waals surface area contributed by atoms with Gasteiger partial charge in [-0.3, -0.25) is 0 Å². The molecule has 2 aliphatic heterocycles. The molecule has 0 aromatic rings. The van der Waals surface area contributed by atoms with Crippen LogP contribution >= 0.6 is 0 Å². The van der Waals surface area contributed by atoms with Crippen molar-refractivity contribution in [2.45, 2.75) is 73.6 Å². The lowest BCUT2D eigenvalue weighted by atomic mass is 9.96. The van der Waals surface area contributed by atoms with Gasteiger partial charge in [0.05, 0.1) is 25.9 Å². The summed E-state index contributed by atoms with van der Waals surface area (Å²) in [6.07, 6.45) is 1.37. The average Bonchev–Trinajstić information content (AvgIpc) is 3.00. The third kappa shape index (κ3) is 5.68. The predicted octanol–water partition coefficient (Wildman–Crippen LogP) is 3.59. The summed E-state index contributed by atoms with van der Waals surface area (Å²) < 4.78 is 21.7. The second-order valence-corrected chi connectivity index (χ2v) is 7.64. The van der Waals surface area contributed by atoms with Gasteiger partial charge in [0.1, 0.15) is 0 Å². The van der Waals surface area contributed by atoms with Crippen LogP contribution in [-0.4, -0.2) is 38.5 Å². The SMILES string of the molecule is CC(C)(C)C1OCCO1.CCC1COC(C(C)(C)C)O1. The van der Waals surface area contributed by atoms with Crippen LogP contribution in [-0.2, 0) is 18.9 Å². The summed E-state index contributed by atoms with van der Waals surface area (Å²) in [6.45, 7) is 17.1. The Morgan fingerprint density at radius 3 is 1.55 bits per heavy atom. The molecule has 20 heavy (non-hydrogen) atoms. The third-order valence-corrected chi connectivity index (χ3v) is 3.24. The average molecular weight is 288 g/mol. The Hall–Kier alpha value is -0.160. The van der Waals surface area contributed by atoms with Crippen LogP contribution in [0.5, 0.6) is 0 Å². The van der Waals surface area contributed by atoms with Gasteiger partial charge in [-0.1, -0.05) is 48.5 Å². The van der Waals surface area contributed by atoms with Gasteiger partial charge in [-0.25, -0.2) is 0 Å². The highest BCUT2D eigenvalue weighted by molar-refractivity contribution is 4.73.